The Balaban J connectivity index is 1.33. The minimum Gasteiger partial charge on any atom is -0.350 e. The maximum absolute atomic E-state index is 12.9. The number of para-hydroxylation sites is 2. The van der Waals surface area contributed by atoms with E-state index in [0.717, 1.165) is 22.7 Å². The number of carbonyl (C=O) groups is 2. The number of hydrogen-bond donors (Lipinski definition) is 2. The number of allylic oxidation sites excluding steroid dienone is 1. The molecule has 0 aliphatic heterocycles. The topological polar surface area (TPSA) is 115 Å². The van der Waals surface area contributed by atoms with Crippen molar-refractivity contribution in [3.05, 3.63) is 83.3 Å². The molecule has 35 heavy (non-hydrogen) atoms. The van der Waals surface area contributed by atoms with Crippen LogP contribution in [0.5, 0.6) is 0 Å². The lowest BCUT2D eigenvalue weighted by Gasteiger charge is -2.10. The minimum atomic E-state index is -0.413. The Labute approximate surface area is 203 Å². The molecular formula is C24H21N7O3S. The van der Waals surface area contributed by atoms with E-state index in [1.54, 1.807) is 34.9 Å². The quantitative estimate of drug-likeness (QED) is 0.216. The highest BCUT2D eigenvalue weighted by atomic mass is 32.2. The molecule has 2 amide bonds. The van der Waals surface area contributed by atoms with E-state index in [0.29, 0.717) is 27.4 Å². The normalized spacial score (nSPS) is 11.2. The first-order valence-corrected chi connectivity index (χ1v) is 11.7. The van der Waals surface area contributed by atoms with Gasteiger partial charge in [-0.2, -0.15) is 0 Å². The molecule has 0 fully saturated rings. The summed E-state index contributed by atoms with van der Waals surface area (Å²) in [4.78, 5) is 38.0. The number of thioether (sulfide) groups is 1. The van der Waals surface area contributed by atoms with E-state index in [-0.39, 0.29) is 17.9 Å². The molecule has 3 heterocycles. The molecule has 176 valence electrons. The first-order valence-electron chi connectivity index (χ1n) is 10.7. The second-order valence-corrected chi connectivity index (χ2v) is 8.74. The highest BCUT2D eigenvalue weighted by Gasteiger charge is 2.18. The van der Waals surface area contributed by atoms with Crippen LogP contribution in [0, 0.1) is 0 Å². The Hall–Kier alpha value is -4.38. The molecule has 2 N–H and O–H groups in total. The second-order valence-electron chi connectivity index (χ2n) is 7.80. The van der Waals surface area contributed by atoms with Crippen molar-refractivity contribution in [3.8, 4) is 0 Å². The third-order valence-corrected chi connectivity index (χ3v) is 6.51. The summed E-state index contributed by atoms with van der Waals surface area (Å²) in [5.74, 6) is -0.483. The maximum atomic E-state index is 12.9. The molecule has 5 aromatic rings. The van der Waals surface area contributed by atoms with Crippen molar-refractivity contribution in [1.29, 1.82) is 0 Å². The summed E-state index contributed by atoms with van der Waals surface area (Å²) in [5, 5.41) is 10.1. The summed E-state index contributed by atoms with van der Waals surface area (Å²) in [5.41, 5.74) is 6.75. The zero-order valence-corrected chi connectivity index (χ0v) is 19.6. The van der Waals surface area contributed by atoms with Gasteiger partial charge in [0.25, 0.3) is 11.5 Å². The van der Waals surface area contributed by atoms with Crippen LogP contribution >= 0.6 is 11.8 Å². The van der Waals surface area contributed by atoms with Crippen LogP contribution in [-0.4, -0.2) is 41.3 Å². The van der Waals surface area contributed by atoms with Crippen LogP contribution in [0.25, 0.3) is 27.6 Å². The molecule has 5 rings (SSSR count). The minimum absolute atomic E-state index is 0.0223. The Bertz CT molecular complexity index is 1680. The molecule has 0 aliphatic rings. The van der Waals surface area contributed by atoms with Gasteiger partial charge in [0.05, 0.1) is 22.2 Å². The van der Waals surface area contributed by atoms with Gasteiger partial charge < -0.3 is 4.57 Å². The average molecular weight is 488 g/mol. The number of nitrogens with one attached hydrogen (secondary N) is 2. The highest BCUT2D eigenvalue weighted by molar-refractivity contribution is 7.99. The number of hydrogen-bond acceptors (Lipinski definition) is 6. The fraction of sp³-hybridized carbons (Fsp3) is 0.125. The van der Waals surface area contributed by atoms with Crippen LogP contribution in [0.1, 0.15) is 10.4 Å². The second kappa shape index (κ2) is 9.11. The van der Waals surface area contributed by atoms with E-state index in [4.69, 9.17) is 0 Å². The van der Waals surface area contributed by atoms with Crippen LogP contribution in [0.4, 0.5) is 0 Å². The monoisotopic (exact) mass is 487 g/mol. The van der Waals surface area contributed by atoms with E-state index in [9.17, 15) is 14.4 Å². The predicted octanol–water partition coefficient (Wildman–Crippen LogP) is 2.28. The third-order valence-electron chi connectivity index (χ3n) is 5.58. The Morgan fingerprint density at radius 3 is 2.51 bits per heavy atom. The van der Waals surface area contributed by atoms with Gasteiger partial charge in [-0.15, -0.1) is 16.8 Å². The van der Waals surface area contributed by atoms with Crippen molar-refractivity contribution in [2.24, 2.45) is 7.05 Å². The summed E-state index contributed by atoms with van der Waals surface area (Å²) in [6, 6.07) is 14.7. The van der Waals surface area contributed by atoms with Gasteiger partial charge >= 0.3 is 0 Å². The van der Waals surface area contributed by atoms with E-state index in [1.165, 1.54) is 4.57 Å². The number of fused-ring (bicyclic) bond motifs is 4. The zero-order chi connectivity index (χ0) is 24.5. The van der Waals surface area contributed by atoms with Gasteiger partial charge in [0.2, 0.25) is 11.7 Å². The Kier molecular flexibility index (Phi) is 5.83. The number of hydrazine groups is 1. The lowest BCUT2D eigenvalue weighted by atomic mass is 10.2. The number of aromatic nitrogens is 5. The molecular weight excluding hydrogens is 466 g/mol. The predicted molar refractivity (Wildman–Crippen MR) is 134 cm³/mol. The van der Waals surface area contributed by atoms with Crippen molar-refractivity contribution in [1.82, 2.24) is 34.6 Å². The first-order chi connectivity index (χ1) is 17.0. The number of amides is 2. The smallest absolute Gasteiger partial charge is 0.271 e. The molecule has 3 aromatic heterocycles. The maximum Gasteiger partial charge on any atom is 0.271 e. The number of benzene rings is 2. The fourth-order valence-electron chi connectivity index (χ4n) is 4.00. The standard InChI is InChI=1S/C24H21N7O3S/c1-3-12-30-22(34)16-9-5-7-11-19(16)31-23(30)27-28-24(31)35-14-20(32)25-26-21(33)17-13-29(2)18-10-6-4-8-15(17)18/h3-11,13H,1,12,14H2,2H3,(H,25,32)(H,26,33). The molecule has 0 saturated heterocycles. The Morgan fingerprint density at radius 2 is 1.74 bits per heavy atom. The van der Waals surface area contributed by atoms with Crippen LogP contribution in [0.2, 0.25) is 0 Å². The van der Waals surface area contributed by atoms with Gasteiger partial charge in [0.15, 0.2) is 5.16 Å². The summed E-state index contributed by atoms with van der Waals surface area (Å²) >= 11 is 1.15. The van der Waals surface area contributed by atoms with Gasteiger partial charge in [-0.25, -0.2) is 0 Å². The average Bonchev–Trinajstić information content (AvgIpc) is 3.45. The summed E-state index contributed by atoms with van der Waals surface area (Å²) in [6.07, 6.45) is 3.33. The molecule has 2 aromatic carbocycles. The Morgan fingerprint density at radius 1 is 1.03 bits per heavy atom. The highest BCUT2D eigenvalue weighted by Crippen LogP contribution is 2.22. The molecule has 0 radical (unpaired) electrons. The van der Waals surface area contributed by atoms with E-state index < -0.39 is 11.8 Å². The van der Waals surface area contributed by atoms with Crippen molar-refractivity contribution < 1.29 is 9.59 Å². The van der Waals surface area contributed by atoms with E-state index in [1.807, 2.05) is 41.9 Å². The van der Waals surface area contributed by atoms with Crippen molar-refractivity contribution in [2.45, 2.75) is 11.7 Å². The van der Waals surface area contributed by atoms with Gasteiger partial charge in [0.1, 0.15) is 0 Å². The van der Waals surface area contributed by atoms with Crippen molar-refractivity contribution >= 4 is 51.2 Å². The van der Waals surface area contributed by atoms with Crippen LogP contribution in [0.15, 0.2) is 77.3 Å². The zero-order valence-electron chi connectivity index (χ0n) is 18.8. The SMILES string of the molecule is C=CCn1c(=O)c2ccccc2n2c(SCC(=O)NNC(=O)c3cn(C)c4ccccc34)nnc12. The fourth-order valence-corrected chi connectivity index (χ4v) is 4.74. The lowest BCUT2D eigenvalue weighted by Crippen LogP contribution is -2.42. The molecule has 0 atom stereocenters. The molecule has 0 spiro atoms. The number of nitrogens with zero attached hydrogens (tertiary/aromatic N) is 5. The third kappa shape index (κ3) is 3.95. The molecule has 0 unspecified atom stereocenters. The molecule has 0 bridgehead atoms. The van der Waals surface area contributed by atoms with Crippen LogP contribution < -0.4 is 16.4 Å². The number of carbonyl (C=O) groups excluding carboxylic acids is 2. The van der Waals surface area contributed by atoms with Gasteiger partial charge in [0, 0.05) is 30.7 Å². The van der Waals surface area contributed by atoms with Crippen LogP contribution in [0.3, 0.4) is 0 Å². The number of rotatable bonds is 6. The molecule has 11 heteroatoms. The summed E-state index contributed by atoms with van der Waals surface area (Å²) < 4.78 is 5.08. The van der Waals surface area contributed by atoms with Crippen molar-refractivity contribution in [2.75, 3.05) is 5.75 Å². The summed E-state index contributed by atoms with van der Waals surface area (Å²) in [7, 11) is 1.86. The lowest BCUT2D eigenvalue weighted by molar-refractivity contribution is -0.119. The largest absolute Gasteiger partial charge is 0.350 e. The molecule has 0 saturated carbocycles. The van der Waals surface area contributed by atoms with Gasteiger partial charge in [-0.05, 0) is 18.2 Å². The van der Waals surface area contributed by atoms with Gasteiger partial charge in [-0.3, -0.25) is 34.2 Å². The number of aryl methyl sites for hydroxylation is 1. The molecule has 10 nitrogen and oxygen atoms in total. The van der Waals surface area contributed by atoms with Crippen molar-refractivity contribution in [3.63, 3.8) is 0 Å². The molecule has 0 aliphatic carbocycles. The summed E-state index contributed by atoms with van der Waals surface area (Å²) in [6.45, 7) is 3.99. The van der Waals surface area contributed by atoms with E-state index in [2.05, 4.69) is 27.6 Å². The van der Waals surface area contributed by atoms with Gasteiger partial charge in [-0.1, -0.05) is 48.2 Å². The van der Waals surface area contributed by atoms with E-state index >= 15 is 0 Å². The van der Waals surface area contributed by atoms with Crippen LogP contribution in [-0.2, 0) is 18.4 Å². The first kappa shape index (κ1) is 22.4.